The quantitative estimate of drug-likeness (QED) is 0.648. The van der Waals surface area contributed by atoms with Crippen LogP contribution in [0.2, 0.25) is 0 Å². The van der Waals surface area contributed by atoms with Crippen molar-refractivity contribution in [3.8, 4) is 0 Å². The monoisotopic (exact) mass is 140 g/mol. The average molecular weight is 140 g/mol. The van der Waals surface area contributed by atoms with Crippen molar-refractivity contribution in [1.29, 1.82) is 0 Å². The topological polar surface area (TPSA) is 43.1 Å². The maximum absolute atomic E-state index is 10.2. The lowest BCUT2D eigenvalue weighted by Crippen LogP contribution is -2.10. The number of rotatable bonds is 2. The molecule has 2 N–H and O–H groups in total. The van der Waals surface area contributed by atoms with E-state index in [0.717, 1.165) is 5.56 Å². The third kappa shape index (κ3) is 1.85. The van der Waals surface area contributed by atoms with Gasteiger partial charge in [0.1, 0.15) is 0 Å². The number of carbonyl (C=O) groups excluding carboxylic acids is 1. The van der Waals surface area contributed by atoms with Crippen molar-refractivity contribution in [2.24, 2.45) is 5.73 Å². The molecular formula is C6H6NOS. The Bertz CT molecular complexity index is 193. The van der Waals surface area contributed by atoms with Gasteiger partial charge in [0.2, 0.25) is 5.91 Å². The Kier molecular flexibility index (Phi) is 1.85. The van der Waals surface area contributed by atoms with Gasteiger partial charge in [0.25, 0.3) is 0 Å². The molecule has 1 radical (unpaired) electrons. The number of hydrogen-bond donors (Lipinski definition) is 1. The van der Waals surface area contributed by atoms with Crippen LogP contribution in [0.1, 0.15) is 5.56 Å². The minimum absolute atomic E-state index is 0.395. The van der Waals surface area contributed by atoms with E-state index in [2.05, 4.69) is 0 Å². The number of amides is 1. The maximum atomic E-state index is 10.2. The lowest BCUT2D eigenvalue weighted by Gasteiger charge is -1.85. The molecule has 0 saturated heterocycles. The fraction of sp³-hybridized carbons (Fsp3) is 0. The highest BCUT2D eigenvalue weighted by Gasteiger charge is 1.96. The molecule has 0 spiro atoms. The van der Waals surface area contributed by atoms with Crippen LogP contribution in [0.15, 0.2) is 16.8 Å². The zero-order valence-electron chi connectivity index (χ0n) is 4.70. The van der Waals surface area contributed by atoms with Gasteiger partial charge >= 0.3 is 0 Å². The Hall–Kier alpha value is -0.830. The van der Waals surface area contributed by atoms with E-state index >= 15 is 0 Å². The van der Waals surface area contributed by atoms with E-state index in [1.165, 1.54) is 6.42 Å². The van der Waals surface area contributed by atoms with Gasteiger partial charge in [0.05, 0.1) is 6.42 Å². The molecule has 0 atom stereocenters. The molecule has 0 aliphatic carbocycles. The second-order valence-corrected chi connectivity index (χ2v) is 2.38. The van der Waals surface area contributed by atoms with Gasteiger partial charge in [-0.15, -0.1) is 0 Å². The summed E-state index contributed by atoms with van der Waals surface area (Å²) in [6.45, 7) is 0. The highest BCUT2D eigenvalue weighted by Crippen LogP contribution is 2.06. The van der Waals surface area contributed by atoms with Crippen LogP contribution in [-0.2, 0) is 4.79 Å². The molecule has 1 amide bonds. The van der Waals surface area contributed by atoms with Crippen LogP contribution in [0.25, 0.3) is 0 Å². The lowest BCUT2D eigenvalue weighted by molar-refractivity contribution is -0.114. The minimum atomic E-state index is -0.395. The van der Waals surface area contributed by atoms with Gasteiger partial charge in [-0.25, -0.2) is 0 Å². The molecule has 47 valence electrons. The highest BCUT2D eigenvalue weighted by molar-refractivity contribution is 7.08. The zero-order chi connectivity index (χ0) is 6.69. The molecule has 3 heteroatoms. The molecule has 0 aliphatic heterocycles. The zero-order valence-corrected chi connectivity index (χ0v) is 5.52. The van der Waals surface area contributed by atoms with E-state index in [4.69, 9.17) is 5.73 Å². The lowest BCUT2D eigenvalue weighted by atomic mass is 10.2. The highest BCUT2D eigenvalue weighted by atomic mass is 32.1. The molecule has 2 nitrogen and oxygen atoms in total. The van der Waals surface area contributed by atoms with Crippen LogP contribution in [0.4, 0.5) is 0 Å². The molecule has 0 bridgehead atoms. The fourth-order valence-electron chi connectivity index (χ4n) is 0.521. The van der Waals surface area contributed by atoms with E-state index in [9.17, 15) is 4.79 Å². The molecule has 1 heterocycles. The molecule has 0 aliphatic rings. The SMILES string of the molecule is NC(=O)[CH]c1ccsc1. The Balaban J connectivity index is 2.58. The molecule has 1 aromatic heterocycles. The van der Waals surface area contributed by atoms with E-state index < -0.39 is 5.91 Å². The largest absolute Gasteiger partial charge is 0.369 e. The smallest absolute Gasteiger partial charge is 0.226 e. The Labute approximate surface area is 57.3 Å². The van der Waals surface area contributed by atoms with Gasteiger partial charge in [-0.05, 0) is 22.4 Å². The van der Waals surface area contributed by atoms with E-state index in [1.54, 1.807) is 11.3 Å². The van der Waals surface area contributed by atoms with Crippen molar-refractivity contribution in [3.63, 3.8) is 0 Å². The van der Waals surface area contributed by atoms with Gasteiger partial charge in [0.15, 0.2) is 0 Å². The molecule has 0 aromatic carbocycles. The van der Waals surface area contributed by atoms with Crippen molar-refractivity contribution in [2.45, 2.75) is 0 Å². The van der Waals surface area contributed by atoms with Gasteiger partial charge in [-0.2, -0.15) is 11.3 Å². The van der Waals surface area contributed by atoms with Crippen LogP contribution < -0.4 is 5.73 Å². The average Bonchev–Trinajstić information content (AvgIpc) is 2.15. The number of thiophene rings is 1. The van der Waals surface area contributed by atoms with E-state index in [0.29, 0.717) is 0 Å². The van der Waals surface area contributed by atoms with Crippen molar-refractivity contribution in [3.05, 3.63) is 28.8 Å². The fourth-order valence-corrected chi connectivity index (χ4v) is 1.14. The Morgan fingerprint density at radius 3 is 3.00 bits per heavy atom. The minimum Gasteiger partial charge on any atom is -0.369 e. The third-order valence-corrected chi connectivity index (χ3v) is 1.55. The summed E-state index contributed by atoms with van der Waals surface area (Å²) in [5.41, 5.74) is 5.78. The predicted molar refractivity (Wildman–Crippen MR) is 36.9 cm³/mol. The first-order chi connectivity index (χ1) is 4.29. The normalized spacial score (nSPS) is 9.33. The summed E-state index contributed by atoms with van der Waals surface area (Å²) in [5.74, 6) is -0.395. The standard InChI is InChI=1S/C6H6NOS/c7-6(8)3-5-1-2-9-4-5/h1-4H,(H2,7,8). The van der Waals surface area contributed by atoms with Crippen molar-refractivity contribution >= 4 is 17.2 Å². The van der Waals surface area contributed by atoms with E-state index in [-0.39, 0.29) is 0 Å². The van der Waals surface area contributed by atoms with Crippen LogP contribution in [0.3, 0.4) is 0 Å². The van der Waals surface area contributed by atoms with Gasteiger partial charge in [0, 0.05) is 0 Å². The second kappa shape index (κ2) is 2.64. The summed E-state index contributed by atoms with van der Waals surface area (Å²) in [4.78, 5) is 10.2. The molecule has 0 fully saturated rings. The van der Waals surface area contributed by atoms with Crippen LogP contribution >= 0.6 is 11.3 Å². The molecule has 1 rings (SSSR count). The molecule has 0 unspecified atom stereocenters. The Morgan fingerprint density at radius 1 is 1.78 bits per heavy atom. The Morgan fingerprint density at radius 2 is 2.56 bits per heavy atom. The molecular weight excluding hydrogens is 134 g/mol. The number of carbonyl (C=O) groups is 1. The number of nitrogens with two attached hydrogens (primary N) is 1. The first kappa shape index (κ1) is 6.29. The molecule has 0 saturated carbocycles. The number of hydrogen-bond acceptors (Lipinski definition) is 2. The third-order valence-electron chi connectivity index (χ3n) is 0.852. The van der Waals surface area contributed by atoms with Crippen LogP contribution in [-0.4, -0.2) is 5.91 Å². The number of primary amides is 1. The molecule has 9 heavy (non-hydrogen) atoms. The van der Waals surface area contributed by atoms with Crippen LogP contribution in [0, 0.1) is 6.42 Å². The van der Waals surface area contributed by atoms with E-state index in [1.807, 2.05) is 16.8 Å². The van der Waals surface area contributed by atoms with Crippen LogP contribution in [0.5, 0.6) is 0 Å². The predicted octanol–water partition coefficient (Wildman–Crippen LogP) is 0.786. The summed E-state index contributed by atoms with van der Waals surface area (Å²) < 4.78 is 0. The first-order valence-electron chi connectivity index (χ1n) is 2.45. The maximum Gasteiger partial charge on any atom is 0.226 e. The van der Waals surface area contributed by atoms with Gasteiger partial charge in [-0.1, -0.05) is 0 Å². The van der Waals surface area contributed by atoms with Crippen molar-refractivity contribution < 1.29 is 4.79 Å². The molecule has 1 aromatic rings. The summed E-state index contributed by atoms with van der Waals surface area (Å²) in [6, 6.07) is 1.84. The van der Waals surface area contributed by atoms with Crippen molar-refractivity contribution in [1.82, 2.24) is 0 Å². The van der Waals surface area contributed by atoms with Crippen molar-refractivity contribution in [2.75, 3.05) is 0 Å². The first-order valence-corrected chi connectivity index (χ1v) is 3.40. The van der Waals surface area contributed by atoms with Gasteiger partial charge in [-0.3, -0.25) is 4.79 Å². The summed E-state index contributed by atoms with van der Waals surface area (Å²) in [6.07, 6.45) is 1.40. The summed E-state index contributed by atoms with van der Waals surface area (Å²) in [5, 5.41) is 3.76. The summed E-state index contributed by atoms with van der Waals surface area (Å²) in [7, 11) is 0. The van der Waals surface area contributed by atoms with Gasteiger partial charge < -0.3 is 5.73 Å². The summed E-state index contributed by atoms with van der Waals surface area (Å²) >= 11 is 1.54. The second-order valence-electron chi connectivity index (χ2n) is 1.60.